The van der Waals surface area contributed by atoms with Crippen molar-refractivity contribution in [3.05, 3.63) is 52.6 Å². The molecule has 29 heavy (non-hydrogen) atoms. The Morgan fingerprint density at radius 3 is 2.76 bits per heavy atom. The minimum Gasteiger partial charge on any atom is -0.404 e. The zero-order chi connectivity index (χ0) is 20.4. The molecular formula is C21H25N7O. The van der Waals surface area contributed by atoms with E-state index in [4.69, 9.17) is 5.73 Å². The van der Waals surface area contributed by atoms with Gasteiger partial charge in [-0.05, 0) is 31.3 Å². The van der Waals surface area contributed by atoms with Gasteiger partial charge in [-0.25, -0.2) is 4.98 Å². The first-order chi connectivity index (χ1) is 14.1. The lowest BCUT2D eigenvalue weighted by molar-refractivity contribution is 0.313. The van der Waals surface area contributed by atoms with E-state index in [9.17, 15) is 4.79 Å². The minimum absolute atomic E-state index is 0.211. The molecule has 3 aromatic rings. The summed E-state index contributed by atoms with van der Waals surface area (Å²) in [6.07, 6.45) is 4.74. The number of aliphatic imine (C=N–C) groups is 1. The molecule has 0 radical (unpaired) electrons. The second-order valence-electron chi connectivity index (χ2n) is 7.22. The van der Waals surface area contributed by atoms with Crippen LogP contribution in [0.4, 0.5) is 5.69 Å². The van der Waals surface area contributed by atoms with Crippen LogP contribution in [0.15, 0.2) is 46.4 Å². The van der Waals surface area contributed by atoms with Crippen LogP contribution in [-0.2, 0) is 0 Å². The van der Waals surface area contributed by atoms with Crippen LogP contribution in [0.25, 0.3) is 28.0 Å². The number of benzene rings is 1. The number of likely N-dealkylation sites (N-methyl/N-ethyl adjacent to an activating group) is 1. The highest BCUT2D eigenvalue weighted by Gasteiger charge is 2.16. The van der Waals surface area contributed by atoms with Crippen LogP contribution in [0.1, 0.15) is 5.56 Å². The van der Waals surface area contributed by atoms with Crippen LogP contribution in [0, 0.1) is 0 Å². The molecule has 3 heterocycles. The summed E-state index contributed by atoms with van der Waals surface area (Å²) >= 11 is 0. The second kappa shape index (κ2) is 7.92. The molecule has 1 fully saturated rings. The first-order valence-electron chi connectivity index (χ1n) is 9.60. The maximum Gasteiger partial charge on any atom is 0.259 e. The first-order valence-corrected chi connectivity index (χ1v) is 9.60. The van der Waals surface area contributed by atoms with E-state index < -0.39 is 0 Å². The lowest BCUT2D eigenvalue weighted by Crippen LogP contribution is -2.44. The molecule has 8 nitrogen and oxygen atoms in total. The van der Waals surface area contributed by atoms with Crippen molar-refractivity contribution in [2.75, 3.05) is 45.2 Å². The lowest BCUT2D eigenvalue weighted by Gasteiger charge is -2.34. The number of rotatable bonds is 4. The van der Waals surface area contributed by atoms with Crippen LogP contribution in [0.2, 0.25) is 0 Å². The van der Waals surface area contributed by atoms with E-state index in [0.717, 1.165) is 54.0 Å². The third-order valence-electron chi connectivity index (χ3n) is 5.27. The molecule has 4 N–H and O–H groups in total. The normalized spacial score (nSPS) is 16.2. The Morgan fingerprint density at radius 2 is 2.03 bits per heavy atom. The van der Waals surface area contributed by atoms with E-state index in [-0.39, 0.29) is 5.56 Å². The molecule has 2 aromatic heterocycles. The average Bonchev–Trinajstić information content (AvgIpc) is 3.16. The third-order valence-corrected chi connectivity index (χ3v) is 5.27. The van der Waals surface area contributed by atoms with Gasteiger partial charge in [-0.3, -0.25) is 9.79 Å². The SMILES string of the molecule is CN=CC(=CN)c1c[nH]c(=O)c(-c2nc3ccc(N4CCN(C)CC4)cc3[nH]2)c1. The summed E-state index contributed by atoms with van der Waals surface area (Å²) in [5, 5.41) is 0. The Morgan fingerprint density at radius 1 is 1.24 bits per heavy atom. The number of hydrogen-bond donors (Lipinski definition) is 3. The number of anilines is 1. The second-order valence-corrected chi connectivity index (χ2v) is 7.22. The van der Waals surface area contributed by atoms with E-state index in [1.807, 2.05) is 6.07 Å². The molecule has 1 aliphatic rings. The van der Waals surface area contributed by atoms with Gasteiger partial charge in [0.25, 0.3) is 5.56 Å². The van der Waals surface area contributed by atoms with Crippen molar-refractivity contribution >= 4 is 28.5 Å². The van der Waals surface area contributed by atoms with Crippen LogP contribution >= 0.6 is 0 Å². The number of hydrogen-bond acceptors (Lipinski definition) is 6. The van der Waals surface area contributed by atoms with Crippen molar-refractivity contribution in [1.82, 2.24) is 19.9 Å². The number of allylic oxidation sites excluding steroid dienone is 1. The molecule has 0 bridgehead atoms. The fourth-order valence-electron chi connectivity index (χ4n) is 3.57. The fraction of sp³-hybridized carbons (Fsp3) is 0.286. The number of pyridine rings is 1. The van der Waals surface area contributed by atoms with E-state index in [1.165, 1.54) is 6.20 Å². The number of H-pyrrole nitrogens is 2. The average molecular weight is 391 g/mol. The quantitative estimate of drug-likeness (QED) is 0.587. The number of nitrogens with zero attached hydrogens (tertiary/aromatic N) is 4. The van der Waals surface area contributed by atoms with Gasteiger partial charge in [0, 0.05) is 68.7 Å². The van der Waals surface area contributed by atoms with E-state index in [2.05, 4.69) is 48.9 Å². The van der Waals surface area contributed by atoms with Crippen LogP contribution in [-0.4, -0.2) is 66.3 Å². The summed E-state index contributed by atoms with van der Waals surface area (Å²) in [5.74, 6) is 0.531. The number of aromatic amines is 2. The Hall–Kier alpha value is -3.39. The topological polar surface area (TPSA) is 106 Å². The maximum atomic E-state index is 12.4. The summed E-state index contributed by atoms with van der Waals surface area (Å²) in [4.78, 5) is 31.9. The van der Waals surface area contributed by atoms with Crippen molar-refractivity contribution in [2.24, 2.45) is 10.7 Å². The van der Waals surface area contributed by atoms with Gasteiger partial charge in [0.05, 0.1) is 16.6 Å². The van der Waals surface area contributed by atoms with Gasteiger partial charge in [-0.15, -0.1) is 0 Å². The molecule has 0 spiro atoms. The van der Waals surface area contributed by atoms with Gasteiger partial charge in [-0.1, -0.05) is 0 Å². The Labute approximate surface area is 168 Å². The van der Waals surface area contributed by atoms with Gasteiger partial charge >= 0.3 is 0 Å². The summed E-state index contributed by atoms with van der Waals surface area (Å²) in [7, 11) is 3.82. The highest BCUT2D eigenvalue weighted by molar-refractivity contribution is 6.09. The van der Waals surface area contributed by atoms with Crippen molar-refractivity contribution in [2.45, 2.75) is 0 Å². The van der Waals surface area contributed by atoms with Crippen LogP contribution in [0.3, 0.4) is 0 Å². The number of piperazine rings is 1. The number of nitrogens with one attached hydrogen (secondary N) is 2. The molecule has 0 amide bonds. The van der Waals surface area contributed by atoms with Crippen molar-refractivity contribution < 1.29 is 0 Å². The molecule has 0 aliphatic carbocycles. The van der Waals surface area contributed by atoms with Crippen LogP contribution in [0.5, 0.6) is 0 Å². The summed E-state index contributed by atoms with van der Waals surface area (Å²) in [6.45, 7) is 4.09. The number of aromatic nitrogens is 3. The van der Waals surface area contributed by atoms with Gasteiger partial charge in [0.2, 0.25) is 0 Å². The third kappa shape index (κ3) is 3.79. The fourth-order valence-corrected chi connectivity index (χ4v) is 3.57. The van der Waals surface area contributed by atoms with E-state index >= 15 is 0 Å². The summed E-state index contributed by atoms with van der Waals surface area (Å²) < 4.78 is 0. The molecule has 1 aliphatic heterocycles. The molecule has 1 saturated heterocycles. The molecular weight excluding hydrogens is 366 g/mol. The molecule has 0 unspecified atom stereocenters. The zero-order valence-corrected chi connectivity index (χ0v) is 16.6. The zero-order valence-electron chi connectivity index (χ0n) is 16.6. The van der Waals surface area contributed by atoms with E-state index in [1.54, 1.807) is 25.5 Å². The van der Waals surface area contributed by atoms with Gasteiger partial charge < -0.3 is 25.5 Å². The Balaban J connectivity index is 1.70. The minimum atomic E-state index is -0.211. The number of nitrogens with two attached hydrogens (primary N) is 1. The van der Waals surface area contributed by atoms with E-state index in [0.29, 0.717) is 11.4 Å². The van der Waals surface area contributed by atoms with Crippen molar-refractivity contribution in [3.63, 3.8) is 0 Å². The molecule has 0 saturated carbocycles. The van der Waals surface area contributed by atoms with Crippen molar-refractivity contribution in [3.8, 4) is 11.4 Å². The van der Waals surface area contributed by atoms with Crippen LogP contribution < -0.4 is 16.2 Å². The summed E-state index contributed by atoms with van der Waals surface area (Å²) in [6, 6.07) is 7.96. The molecule has 150 valence electrons. The monoisotopic (exact) mass is 391 g/mol. The maximum absolute atomic E-state index is 12.4. The summed E-state index contributed by atoms with van der Waals surface area (Å²) in [5.41, 5.74) is 10.3. The lowest BCUT2D eigenvalue weighted by atomic mass is 10.1. The molecule has 1 aromatic carbocycles. The smallest absolute Gasteiger partial charge is 0.259 e. The number of imidazole rings is 1. The standard InChI is InChI=1S/C21H25N7O/c1-23-12-15(11-22)14-9-17(21(29)24-13-14)20-25-18-4-3-16(10-19(18)26-20)28-7-5-27(2)6-8-28/h3-4,9-13H,5-8,22H2,1-2H3,(H,24,29)(H,25,26). The van der Waals surface area contributed by atoms with Gasteiger partial charge in [-0.2, -0.15) is 0 Å². The largest absolute Gasteiger partial charge is 0.404 e. The van der Waals surface area contributed by atoms with Crippen molar-refractivity contribution in [1.29, 1.82) is 0 Å². The molecule has 0 atom stereocenters. The Bertz CT molecular complexity index is 1130. The molecule has 4 rings (SSSR count). The predicted molar refractivity (Wildman–Crippen MR) is 118 cm³/mol. The highest BCUT2D eigenvalue weighted by atomic mass is 16.1. The number of fused-ring (bicyclic) bond motifs is 1. The predicted octanol–water partition coefficient (Wildman–Crippen LogP) is 1.67. The highest BCUT2D eigenvalue weighted by Crippen LogP contribution is 2.25. The van der Waals surface area contributed by atoms with Gasteiger partial charge in [0.15, 0.2) is 0 Å². The van der Waals surface area contributed by atoms with Gasteiger partial charge in [0.1, 0.15) is 5.82 Å². The Kier molecular flexibility index (Phi) is 5.18. The molecule has 8 heteroatoms. The first kappa shape index (κ1) is 18.9.